The quantitative estimate of drug-likeness (QED) is 0.342. The van der Waals surface area contributed by atoms with Crippen molar-refractivity contribution in [1.29, 1.82) is 0 Å². The van der Waals surface area contributed by atoms with Gasteiger partial charge in [-0.15, -0.1) is 0 Å². The molecule has 1 heterocycles. The maximum Gasteiger partial charge on any atom is 0.412 e. The molecule has 0 atom stereocenters. The normalized spacial score (nSPS) is 10.8. The smallest absolute Gasteiger partial charge is 0.412 e. The molecule has 0 aliphatic rings. The van der Waals surface area contributed by atoms with Gasteiger partial charge in [-0.25, -0.2) is 13.6 Å². The Kier molecular flexibility index (Phi) is 8.04. The Morgan fingerprint density at radius 3 is 2.78 bits per heavy atom. The Bertz CT molecular complexity index is 1110. The average Bonchev–Trinajstić information content (AvgIpc) is 2.74. The molecule has 0 aliphatic heterocycles. The number of nitrogens with one attached hydrogen (secondary N) is 2. The van der Waals surface area contributed by atoms with Crippen molar-refractivity contribution in [2.45, 2.75) is 19.8 Å². The van der Waals surface area contributed by atoms with Gasteiger partial charge in [0.05, 0.1) is 34.2 Å². The molecule has 32 heavy (non-hydrogen) atoms. The van der Waals surface area contributed by atoms with Crippen molar-refractivity contribution in [2.24, 2.45) is 0 Å². The number of nitrogens with two attached hydrogens (primary N) is 1. The first-order valence-electron chi connectivity index (χ1n) is 10.0. The number of carbonyl (C=O) groups is 1. The van der Waals surface area contributed by atoms with Gasteiger partial charge in [-0.2, -0.15) is 0 Å². The van der Waals surface area contributed by atoms with Crippen LogP contribution in [-0.2, 0) is 0 Å². The molecule has 0 bridgehead atoms. The molecule has 7 nitrogen and oxygen atoms in total. The van der Waals surface area contributed by atoms with E-state index in [9.17, 15) is 13.6 Å². The van der Waals surface area contributed by atoms with Crippen molar-refractivity contribution in [3.05, 3.63) is 52.6 Å². The molecule has 10 heteroatoms. The fraction of sp³-hybridized carbons (Fsp3) is 0.273. The Hall–Kier alpha value is -3.14. The van der Waals surface area contributed by atoms with E-state index >= 15 is 0 Å². The number of ether oxygens (including phenoxy) is 2. The molecular weight excluding hydrogens is 486 g/mol. The van der Waals surface area contributed by atoms with E-state index < -0.39 is 17.7 Å². The molecule has 3 aromatic rings. The second-order valence-electron chi connectivity index (χ2n) is 6.87. The van der Waals surface area contributed by atoms with Crippen LogP contribution >= 0.6 is 15.9 Å². The second-order valence-corrected chi connectivity index (χ2v) is 7.72. The number of unbranched alkanes of at least 4 members (excludes halogenated alkanes) is 1. The van der Waals surface area contributed by atoms with E-state index in [-0.39, 0.29) is 11.5 Å². The molecule has 0 saturated heterocycles. The second kappa shape index (κ2) is 10.9. The summed E-state index contributed by atoms with van der Waals surface area (Å²) in [7, 11) is 0. The van der Waals surface area contributed by atoms with Gasteiger partial charge in [0.25, 0.3) is 0 Å². The molecular formula is C22H23BrF2N4O3. The molecule has 0 fully saturated rings. The number of benzene rings is 2. The number of halogens is 3. The maximum atomic E-state index is 13.8. The Morgan fingerprint density at radius 1 is 1.19 bits per heavy atom. The number of anilines is 2. The number of amides is 1. The number of nitrogens with zero attached hydrogens (tertiary/aromatic N) is 1. The lowest BCUT2D eigenvalue weighted by molar-refractivity contribution is 0.197. The Labute approximate surface area is 192 Å². The van der Waals surface area contributed by atoms with Gasteiger partial charge < -0.3 is 25.8 Å². The lowest BCUT2D eigenvalue weighted by atomic mass is 10.1. The largest absolute Gasteiger partial charge is 0.490 e. The molecule has 3 rings (SSSR count). The number of fused-ring (bicyclic) bond motifs is 1. The first-order chi connectivity index (χ1) is 15.4. The van der Waals surface area contributed by atoms with Crippen LogP contribution in [0.15, 0.2) is 41.0 Å². The topological polar surface area (TPSA) is 98.5 Å². The van der Waals surface area contributed by atoms with E-state index in [0.717, 1.165) is 12.5 Å². The van der Waals surface area contributed by atoms with Gasteiger partial charge in [-0.3, -0.25) is 4.98 Å². The highest BCUT2D eigenvalue weighted by Gasteiger charge is 2.12. The van der Waals surface area contributed by atoms with Crippen molar-refractivity contribution >= 4 is 44.3 Å². The third-order valence-corrected chi connectivity index (χ3v) is 5.11. The summed E-state index contributed by atoms with van der Waals surface area (Å²) in [5, 5.41) is 6.46. The van der Waals surface area contributed by atoms with Gasteiger partial charge in [0.1, 0.15) is 11.6 Å². The first-order valence-corrected chi connectivity index (χ1v) is 10.8. The van der Waals surface area contributed by atoms with Gasteiger partial charge in [0.2, 0.25) is 0 Å². The van der Waals surface area contributed by atoms with Crippen molar-refractivity contribution in [1.82, 2.24) is 10.3 Å². The van der Waals surface area contributed by atoms with Crippen LogP contribution in [0.3, 0.4) is 0 Å². The molecule has 1 amide bonds. The number of nitrogen functional groups attached to an aromatic ring is 1. The molecule has 1 aromatic heterocycles. The minimum atomic E-state index is -0.680. The number of hydrogen-bond acceptors (Lipinski definition) is 6. The van der Waals surface area contributed by atoms with Crippen LogP contribution in [0.1, 0.15) is 19.8 Å². The van der Waals surface area contributed by atoms with Gasteiger partial charge in [-0.05, 0) is 53.9 Å². The average molecular weight is 509 g/mol. The Morgan fingerprint density at radius 2 is 2.00 bits per heavy atom. The van der Waals surface area contributed by atoms with Crippen molar-refractivity contribution < 1.29 is 23.0 Å². The van der Waals surface area contributed by atoms with Gasteiger partial charge in [-0.1, -0.05) is 0 Å². The summed E-state index contributed by atoms with van der Waals surface area (Å²) in [5.74, 6) is -0.631. The minimum absolute atomic E-state index is 0.0166. The monoisotopic (exact) mass is 508 g/mol. The number of pyridine rings is 1. The zero-order valence-electron chi connectivity index (χ0n) is 17.4. The van der Waals surface area contributed by atoms with Gasteiger partial charge in [0, 0.05) is 30.6 Å². The van der Waals surface area contributed by atoms with Crippen LogP contribution in [0.5, 0.6) is 11.5 Å². The summed E-state index contributed by atoms with van der Waals surface area (Å²) >= 11 is 3.19. The molecule has 4 N–H and O–H groups in total. The highest BCUT2D eigenvalue weighted by Crippen LogP contribution is 2.32. The fourth-order valence-corrected chi connectivity index (χ4v) is 3.33. The number of rotatable bonds is 9. The van der Waals surface area contributed by atoms with E-state index in [4.69, 9.17) is 15.2 Å². The van der Waals surface area contributed by atoms with E-state index in [1.165, 1.54) is 24.4 Å². The molecule has 170 valence electrons. The van der Waals surface area contributed by atoms with Crippen LogP contribution in [0.2, 0.25) is 0 Å². The van der Waals surface area contributed by atoms with E-state index in [0.29, 0.717) is 52.9 Å². The number of carbonyl (C=O) groups excluding carboxylic acids is 1. The third-order valence-electron chi connectivity index (χ3n) is 4.50. The summed E-state index contributed by atoms with van der Waals surface area (Å²) in [4.78, 5) is 15.8. The zero-order valence-corrected chi connectivity index (χ0v) is 19.0. The van der Waals surface area contributed by atoms with Crippen LogP contribution in [0, 0.1) is 11.6 Å². The number of hydrogen-bond donors (Lipinski definition) is 3. The molecule has 0 radical (unpaired) electrons. The fourth-order valence-electron chi connectivity index (χ4n) is 2.98. The lowest BCUT2D eigenvalue weighted by Crippen LogP contribution is -2.26. The zero-order chi connectivity index (χ0) is 23.1. The first kappa shape index (κ1) is 23.5. The maximum absolute atomic E-state index is 13.8. The van der Waals surface area contributed by atoms with E-state index in [1.807, 2.05) is 0 Å². The summed E-state index contributed by atoms with van der Waals surface area (Å²) in [5.41, 5.74) is 7.70. The van der Waals surface area contributed by atoms with Crippen LogP contribution in [0.25, 0.3) is 10.9 Å². The van der Waals surface area contributed by atoms with Crippen molar-refractivity contribution in [3.63, 3.8) is 0 Å². The summed E-state index contributed by atoms with van der Waals surface area (Å²) in [6, 6.07) is 6.75. The number of aromatic nitrogens is 1. The summed E-state index contributed by atoms with van der Waals surface area (Å²) in [6.07, 6.45) is 2.22. The van der Waals surface area contributed by atoms with Crippen molar-refractivity contribution in [3.8, 4) is 11.5 Å². The molecule has 0 aliphatic carbocycles. The predicted octanol–water partition coefficient (Wildman–Crippen LogP) is 5.24. The van der Waals surface area contributed by atoms with E-state index in [2.05, 4.69) is 31.5 Å². The highest BCUT2D eigenvalue weighted by molar-refractivity contribution is 9.10. The molecule has 0 spiro atoms. The highest BCUT2D eigenvalue weighted by atomic mass is 79.9. The van der Waals surface area contributed by atoms with Gasteiger partial charge in [0.15, 0.2) is 11.5 Å². The predicted molar refractivity (Wildman–Crippen MR) is 123 cm³/mol. The van der Waals surface area contributed by atoms with Crippen LogP contribution in [0.4, 0.5) is 25.0 Å². The summed E-state index contributed by atoms with van der Waals surface area (Å²) < 4.78 is 38.4. The van der Waals surface area contributed by atoms with Gasteiger partial charge >= 0.3 is 6.09 Å². The van der Waals surface area contributed by atoms with E-state index in [1.54, 1.807) is 13.0 Å². The molecule has 2 aromatic carbocycles. The van der Waals surface area contributed by atoms with Crippen LogP contribution < -0.4 is 25.8 Å². The minimum Gasteiger partial charge on any atom is -0.490 e. The SMILES string of the molecule is CCNC(=O)Oc1cc(F)ccc1OCCCCNc1c(N)cnc2cc(F)c(Br)cc12. The standard InChI is InChI=1S/C22H23BrF2N4O3/c1-2-27-22(30)32-20-9-13(24)5-6-19(20)31-8-4-3-7-28-21-14-10-15(23)16(25)11-18(14)29-12-17(21)26/h5-6,9-12H,2-4,7-8,26H2,1H3,(H,27,30)(H,28,29). The van der Waals surface area contributed by atoms with Crippen molar-refractivity contribution in [2.75, 3.05) is 30.7 Å². The molecule has 0 unspecified atom stereocenters. The van der Waals surface area contributed by atoms with Crippen LogP contribution in [-0.4, -0.2) is 30.8 Å². The molecule has 0 saturated carbocycles. The summed E-state index contributed by atoms with van der Waals surface area (Å²) in [6.45, 7) is 3.06. The third kappa shape index (κ3) is 5.97. The lowest BCUT2D eigenvalue weighted by Gasteiger charge is -2.14. The Balaban J connectivity index is 1.54.